The summed E-state index contributed by atoms with van der Waals surface area (Å²) < 4.78 is 11.1. The zero-order valence-corrected chi connectivity index (χ0v) is 10.3. The first kappa shape index (κ1) is 10.4. The van der Waals surface area contributed by atoms with Crippen LogP contribution in [-0.4, -0.2) is 24.2 Å². The molecular formula is C14H16N2O2. The molecule has 2 aliphatic rings. The number of nitrogens with one attached hydrogen (secondary N) is 1. The van der Waals surface area contributed by atoms with Crippen molar-refractivity contribution in [1.82, 2.24) is 10.3 Å². The highest BCUT2D eigenvalue weighted by Gasteiger charge is 2.42. The minimum absolute atomic E-state index is 0.446. The van der Waals surface area contributed by atoms with Gasteiger partial charge in [-0.05, 0) is 31.4 Å². The molecule has 2 aromatic rings. The second kappa shape index (κ2) is 3.72. The predicted octanol–water partition coefficient (Wildman–Crippen LogP) is 2.44. The van der Waals surface area contributed by atoms with Crippen LogP contribution in [0, 0.1) is 0 Å². The Morgan fingerprint density at radius 1 is 1.39 bits per heavy atom. The zero-order chi connectivity index (χ0) is 12.1. The molecule has 18 heavy (non-hydrogen) atoms. The van der Waals surface area contributed by atoms with Crippen LogP contribution in [0.4, 0.5) is 0 Å². The van der Waals surface area contributed by atoms with Crippen LogP contribution in [0.1, 0.15) is 31.1 Å². The van der Waals surface area contributed by atoms with Crippen molar-refractivity contribution < 1.29 is 9.15 Å². The van der Waals surface area contributed by atoms with Crippen LogP contribution in [0.15, 0.2) is 22.6 Å². The largest absolute Gasteiger partial charge is 0.497 e. The molecule has 0 amide bonds. The predicted molar refractivity (Wildman–Crippen MR) is 67.9 cm³/mol. The lowest BCUT2D eigenvalue weighted by Gasteiger charge is -2.15. The van der Waals surface area contributed by atoms with Gasteiger partial charge in [0.2, 0.25) is 0 Å². The molecule has 3 heterocycles. The number of oxazole rings is 1. The molecule has 4 nitrogen and oxygen atoms in total. The number of methoxy groups -OCH3 is 1. The molecule has 2 aliphatic heterocycles. The third-order valence-electron chi connectivity index (χ3n) is 4.23. The summed E-state index contributed by atoms with van der Waals surface area (Å²) in [5.74, 6) is 2.15. The van der Waals surface area contributed by atoms with Crippen LogP contribution in [0.2, 0.25) is 0 Å². The molecule has 2 bridgehead atoms. The summed E-state index contributed by atoms with van der Waals surface area (Å²) in [7, 11) is 1.66. The van der Waals surface area contributed by atoms with E-state index in [9.17, 15) is 0 Å². The van der Waals surface area contributed by atoms with E-state index in [1.165, 1.54) is 12.8 Å². The molecule has 4 rings (SSSR count). The minimum atomic E-state index is 0.446. The van der Waals surface area contributed by atoms with Crippen LogP contribution >= 0.6 is 0 Å². The monoisotopic (exact) mass is 244 g/mol. The van der Waals surface area contributed by atoms with E-state index in [2.05, 4.69) is 10.3 Å². The average Bonchev–Trinajstić information content (AvgIpc) is 3.11. The number of benzene rings is 1. The smallest absolute Gasteiger partial charge is 0.200 e. The Kier molecular flexibility index (Phi) is 2.14. The molecule has 94 valence electrons. The molecule has 1 aromatic carbocycles. The first-order chi connectivity index (χ1) is 8.83. The van der Waals surface area contributed by atoms with E-state index in [1.807, 2.05) is 18.2 Å². The van der Waals surface area contributed by atoms with Gasteiger partial charge in [0, 0.05) is 18.2 Å². The van der Waals surface area contributed by atoms with Gasteiger partial charge in [-0.25, -0.2) is 4.98 Å². The second-order valence-corrected chi connectivity index (χ2v) is 5.28. The SMILES string of the molecule is COc1ccc2nc(C3CC4CCC3N4)oc2c1. The summed E-state index contributed by atoms with van der Waals surface area (Å²) in [6.45, 7) is 0. The first-order valence-electron chi connectivity index (χ1n) is 6.54. The lowest BCUT2D eigenvalue weighted by Crippen LogP contribution is -2.21. The van der Waals surface area contributed by atoms with Gasteiger partial charge in [-0.1, -0.05) is 0 Å². The van der Waals surface area contributed by atoms with Gasteiger partial charge < -0.3 is 14.5 Å². The molecular weight excluding hydrogens is 228 g/mol. The molecule has 1 N–H and O–H groups in total. The van der Waals surface area contributed by atoms with E-state index >= 15 is 0 Å². The molecule has 1 aromatic heterocycles. The van der Waals surface area contributed by atoms with Gasteiger partial charge in [-0.3, -0.25) is 0 Å². The van der Waals surface area contributed by atoms with Crippen LogP contribution < -0.4 is 10.1 Å². The average molecular weight is 244 g/mol. The van der Waals surface area contributed by atoms with Crippen LogP contribution in [0.3, 0.4) is 0 Å². The first-order valence-corrected chi connectivity index (χ1v) is 6.54. The van der Waals surface area contributed by atoms with Gasteiger partial charge in [0.15, 0.2) is 11.5 Å². The molecule has 4 heteroatoms. The summed E-state index contributed by atoms with van der Waals surface area (Å²) in [6, 6.07) is 7.02. The van der Waals surface area contributed by atoms with E-state index < -0.39 is 0 Å². The molecule has 0 radical (unpaired) electrons. The lowest BCUT2D eigenvalue weighted by molar-refractivity contribution is 0.403. The maximum Gasteiger partial charge on any atom is 0.200 e. The summed E-state index contributed by atoms with van der Waals surface area (Å²) >= 11 is 0. The standard InChI is InChI=1S/C14H16N2O2/c1-17-9-3-5-12-13(7-9)18-14(16-12)10-6-8-2-4-11(10)15-8/h3,5,7-8,10-11,15H,2,4,6H2,1H3. The van der Waals surface area contributed by atoms with Crippen molar-refractivity contribution in [2.45, 2.75) is 37.3 Å². The number of ether oxygens (including phenoxy) is 1. The van der Waals surface area contributed by atoms with Gasteiger partial charge in [0.25, 0.3) is 0 Å². The molecule has 3 atom stereocenters. The normalized spacial score (nSPS) is 30.2. The minimum Gasteiger partial charge on any atom is -0.497 e. The summed E-state index contributed by atoms with van der Waals surface area (Å²) in [4.78, 5) is 4.63. The van der Waals surface area contributed by atoms with E-state index in [0.29, 0.717) is 18.0 Å². The number of hydrogen-bond acceptors (Lipinski definition) is 4. The lowest BCUT2D eigenvalue weighted by atomic mass is 9.89. The third-order valence-corrected chi connectivity index (χ3v) is 4.23. The molecule has 0 saturated carbocycles. The fraction of sp³-hybridized carbons (Fsp3) is 0.500. The molecule has 3 unspecified atom stereocenters. The Hall–Kier alpha value is -1.55. The fourth-order valence-corrected chi connectivity index (χ4v) is 3.31. The van der Waals surface area contributed by atoms with Crippen LogP contribution in [0.25, 0.3) is 11.1 Å². The Bertz CT molecular complexity index is 592. The van der Waals surface area contributed by atoms with E-state index in [-0.39, 0.29) is 0 Å². The number of nitrogens with zero attached hydrogens (tertiary/aromatic N) is 1. The third kappa shape index (κ3) is 1.45. The number of rotatable bonds is 2. The van der Waals surface area contributed by atoms with Crippen molar-refractivity contribution in [2.24, 2.45) is 0 Å². The Morgan fingerprint density at radius 3 is 3.06 bits per heavy atom. The van der Waals surface area contributed by atoms with Crippen LogP contribution in [0.5, 0.6) is 5.75 Å². The molecule has 2 saturated heterocycles. The summed E-state index contributed by atoms with van der Waals surface area (Å²) in [6.07, 6.45) is 3.71. The summed E-state index contributed by atoms with van der Waals surface area (Å²) in [5.41, 5.74) is 1.75. The molecule has 0 spiro atoms. The second-order valence-electron chi connectivity index (χ2n) is 5.28. The maximum atomic E-state index is 5.92. The van der Waals surface area contributed by atoms with Gasteiger partial charge in [0.05, 0.1) is 13.0 Å². The topological polar surface area (TPSA) is 47.3 Å². The fourth-order valence-electron chi connectivity index (χ4n) is 3.31. The Balaban J connectivity index is 1.73. The summed E-state index contributed by atoms with van der Waals surface area (Å²) in [5, 5.41) is 3.62. The van der Waals surface area contributed by atoms with Gasteiger partial charge in [-0.15, -0.1) is 0 Å². The number of fused-ring (bicyclic) bond motifs is 3. The highest BCUT2D eigenvalue weighted by Crippen LogP contribution is 2.40. The highest BCUT2D eigenvalue weighted by molar-refractivity contribution is 5.74. The van der Waals surface area contributed by atoms with Crippen molar-refractivity contribution in [1.29, 1.82) is 0 Å². The number of hydrogen-bond donors (Lipinski definition) is 1. The van der Waals surface area contributed by atoms with E-state index in [0.717, 1.165) is 29.2 Å². The molecule has 2 fully saturated rings. The van der Waals surface area contributed by atoms with E-state index in [1.54, 1.807) is 7.11 Å². The van der Waals surface area contributed by atoms with Crippen molar-refractivity contribution >= 4 is 11.1 Å². The van der Waals surface area contributed by atoms with Crippen LogP contribution in [-0.2, 0) is 0 Å². The van der Waals surface area contributed by atoms with Gasteiger partial charge in [-0.2, -0.15) is 0 Å². The van der Waals surface area contributed by atoms with Crippen molar-refractivity contribution in [3.05, 3.63) is 24.1 Å². The van der Waals surface area contributed by atoms with Crippen molar-refractivity contribution in [3.8, 4) is 5.75 Å². The van der Waals surface area contributed by atoms with Crippen molar-refractivity contribution in [3.63, 3.8) is 0 Å². The zero-order valence-electron chi connectivity index (χ0n) is 10.3. The Morgan fingerprint density at radius 2 is 2.33 bits per heavy atom. The highest BCUT2D eigenvalue weighted by atomic mass is 16.5. The van der Waals surface area contributed by atoms with E-state index in [4.69, 9.17) is 9.15 Å². The van der Waals surface area contributed by atoms with Gasteiger partial charge >= 0.3 is 0 Å². The van der Waals surface area contributed by atoms with Gasteiger partial charge in [0.1, 0.15) is 11.3 Å². The Labute approximate surface area is 105 Å². The molecule has 0 aliphatic carbocycles. The number of aromatic nitrogens is 1. The quantitative estimate of drug-likeness (QED) is 0.881. The maximum absolute atomic E-state index is 5.92. The van der Waals surface area contributed by atoms with Crippen molar-refractivity contribution in [2.75, 3.05) is 7.11 Å².